The van der Waals surface area contributed by atoms with Gasteiger partial charge in [-0.3, -0.25) is 14.9 Å². The molecule has 1 heterocycles. The first kappa shape index (κ1) is 19.2. The van der Waals surface area contributed by atoms with Crippen LogP contribution in [0.5, 0.6) is 11.5 Å². The molecular formula is C24H24N2O3. The summed E-state index contributed by atoms with van der Waals surface area (Å²) in [4.78, 5) is 13.9. The molecule has 1 fully saturated rings. The fourth-order valence-corrected chi connectivity index (χ4v) is 3.84. The third-order valence-corrected chi connectivity index (χ3v) is 5.31. The number of amides is 1. The third-order valence-electron chi connectivity index (χ3n) is 5.31. The highest BCUT2D eigenvalue weighted by molar-refractivity contribution is 5.93. The van der Waals surface area contributed by atoms with E-state index in [2.05, 4.69) is 47.4 Å². The largest absolute Gasteiger partial charge is 0.457 e. The lowest BCUT2D eigenvalue weighted by Crippen LogP contribution is -2.22. The number of carbonyl (C=O) groups excluding carboxylic acids is 1. The van der Waals surface area contributed by atoms with Crippen LogP contribution in [0.15, 0.2) is 78.9 Å². The molecule has 0 bridgehead atoms. The quantitative estimate of drug-likeness (QED) is 0.464. The molecule has 1 unspecified atom stereocenters. The van der Waals surface area contributed by atoms with Gasteiger partial charge in [0.25, 0.3) is 5.91 Å². The van der Waals surface area contributed by atoms with Gasteiger partial charge < -0.3 is 4.74 Å². The maximum absolute atomic E-state index is 11.4. The Morgan fingerprint density at radius 2 is 1.62 bits per heavy atom. The lowest BCUT2D eigenvalue weighted by atomic mass is 10.0. The summed E-state index contributed by atoms with van der Waals surface area (Å²) in [5.74, 6) is 0.835. The minimum absolute atomic E-state index is 0.369. The molecule has 1 aliphatic heterocycles. The molecule has 4 rings (SSSR count). The highest BCUT2D eigenvalue weighted by atomic mass is 16.5. The molecule has 0 saturated carbocycles. The van der Waals surface area contributed by atoms with Gasteiger partial charge in [-0.1, -0.05) is 42.5 Å². The SMILES string of the molecule is O=C(NO)c1ccc(Oc2ccc(CN3CCCC3c3ccccc3)cc2)cc1. The third kappa shape index (κ3) is 4.65. The second kappa shape index (κ2) is 8.90. The van der Waals surface area contributed by atoms with Crippen molar-refractivity contribution in [1.29, 1.82) is 0 Å². The van der Waals surface area contributed by atoms with Gasteiger partial charge in [0.2, 0.25) is 0 Å². The summed E-state index contributed by atoms with van der Waals surface area (Å²) in [6, 6.07) is 26.0. The van der Waals surface area contributed by atoms with Crippen molar-refractivity contribution in [2.24, 2.45) is 0 Å². The van der Waals surface area contributed by atoms with Crippen LogP contribution < -0.4 is 10.2 Å². The zero-order valence-electron chi connectivity index (χ0n) is 16.1. The number of nitrogens with one attached hydrogen (secondary N) is 1. The lowest BCUT2D eigenvalue weighted by Gasteiger charge is -2.25. The normalized spacial score (nSPS) is 16.5. The van der Waals surface area contributed by atoms with E-state index in [1.54, 1.807) is 29.7 Å². The van der Waals surface area contributed by atoms with Crippen molar-refractivity contribution >= 4 is 5.91 Å². The topological polar surface area (TPSA) is 61.8 Å². The van der Waals surface area contributed by atoms with E-state index in [0.717, 1.165) is 18.8 Å². The molecule has 3 aromatic carbocycles. The van der Waals surface area contributed by atoms with Crippen LogP contribution in [0.4, 0.5) is 0 Å². The summed E-state index contributed by atoms with van der Waals surface area (Å²) < 4.78 is 5.85. The van der Waals surface area contributed by atoms with Crippen molar-refractivity contribution in [3.8, 4) is 11.5 Å². The molecule has 1 saturated heterocycles. The lowest BCUT2D eigenvalue weighted by molar-refractivity contribution is 0.0706. The van der Waals surface area contributed by atoms with Crippen LogP contribution in [0.1, 0.15) is 40.4 Å². The van der Waals surface area contributed by atoms with Crippen LogP contribution in [0, 0.1) is 0 Å². The molecule has 1 amide bonds. The fraction of sp³-hybridized carbons (Fsp3) is 0.208. The smallest absolute Gasteiger partial charge is 0.274 e. The Kier molecular flexibility index (Phi) is 5.89. The molecular weight excluding hydrogens is 364 g/mol. The molecule has 5 heteroatoms. The van der Waals surface area contributed by atoms with E-state index >= 15 is 0 Å². The van der Waals surface area contributed by atoms with Crippen LogP contribution in [-0.2, 0) is 6.54 Å². The highest BCUT2D eigenvalue weighted by Crippen LogP contribution is 2.33. The van der Waals surface area contributed by atoms with E-state index in [4.69, 9.17) is 9.94 Å². The molecule has 1 aliphatic rings. The second-order valence-electron chi connectivity index (χ2n) is 7.25. The molecule has 3 aromatic rings. The van der Waals surface area contributed by atoms with Crippen molar-refractivity contribution in [3.05, 3.63) is 95.6 Å². The van der Waals surface area contributed by atoms with Crippen LogP contribution in [-0.4, -0.2) is 22.6 Å². The van der Waals surface area contributed by atoms with Gasteiger partial charge in [0, 0.05) is 18.2 Å². The Bertz CT molecular complexity index is 940. The summed E-state index contributed by atoms with van der Waals surface area (Å²) >= 11 is 0. The maximum Gasteiger partial charge on any atom is 0.274 e. The van der Waals surface area contributed by atoms with E-state index in [9.17, 15) is 4.79 Å². The summed E-state index contributed by atoms with van der Waals surface area (Å²) in [5.41, 5.74) is 4.64. The minimum Gasteiger partial charge on any atom is -0.457 e. The first-order valence-corrected chi connectivity index (χ1v) is 9.83. The molecule has 0 aromatic heterocycles. The first-order chi connectivity index (χ1) is 14.2. The second-order valence-corrected chi connectivity index (χ2v) is 7.25. The van der Waals surface area contributed by atoms with Gasteiger partial charge in [-0.05, 0) is 66.9 Å². The van der Waals surface area contributed by atoms with Gasteiger partial charge in [0.1, 0.15) is 11.5 Å². The van der Waals surface area contributed by atoms with Crippen LogP contribution in [0.25, 0.3) is 0 Å². The summed E-state index contributed by atoms with van der Waals surface area (Å²) in [5, 5.41) is 8.67. The maximum atomic E-state index is 11.4. The molecule has 1 atom stereocenters. The average Bonchev–Trinajstić information content (AvgIpc) is 3.24. The average molecular weight is 388 g/mol. The van der Waals surface area contributed by atoms with Gasteiger partial charge >= 0.3 is 0 Å². The van der Waals surface area contributed by atoms with Crippen molar-refractivity contribution in [1.82, 2.24) is 10.4 Å². The van der Waals surface area contributed by atoms with E-state index in [0.29, 0.717) is 17.4 Å². The number of carbonyl (C=O) groups is 1. The first-order valence-electron chi connectivity index (χ1n) is 9.83. The van der Waals surface area contributed by atoms with Crippen LogP contribution in [0.3, 0.4) is 0 Å². The van der Waals surface area contributed by atoms with Crippen LogP contribution >= 0.6 is 0 Å². The Labute approximate surface area is 170 Å². The number of rotatable bonds is 6. The van der Waals surface area contributed by atoms with Crippen molar-refractivity contribution in [3.63, 3.8) is 0 Å². The number of hydrogen-bond acceptors (Lipinski definition) is 4. The molecule has 0 spiro atoms. The zero-order valence-corrected chi connectivity index (χ0v) is 16.1. The Balaban J connectivity index is 1.38. The zero-order chi connectivity index (χ0) is 20.1. The number of hydroxylamine groups is 1. The number of hydrogen-bond donors (Lipinski definition) is 2. The fourth-order valence-electron chi connectivity index (χ4n) is 3.84. The van der Waals surface area contributed by atoms with E-state index in [1.807, 2.05) is 12.1 Å². The van der Waals surface area contributed by atoms with Gasteiger partial charge in [-0.25, -0.2) is 5.48 Å². The van der Waals surface area contributed by atoms with Crippen molar-refractivity contribution in [2.75, 3.05) is 6.54 Å². The van der Waals surface area contributed by atoms with E-state index < -0.39 is 5.91 Å². The highest BCUT2D eigenvalue weighted by Gasteiger charge is 2.25. The summed E-state index contributed by atoms with van der Waals surface area (Å²) in [7, 11) is 0. The number of nitrogens with zero attached hydrogens (tertiary/aromatic N) is 1. The molecule has 29 heavy (non-hydrogen) atoms. The standard InChI is InChI=1S/C24H24N2O3/c27-24(25-28)20-10-14-22(15-11-20)29-21-12-8-18(9-13-21)17-26-16-4-7-23(26)19-5-2-1-3-6-19/h1-3,5-6,8-15,23,28H,4,7,16-17H2,(H,25,27). The number of benzene rings is 3. The summed E-state index contributed by atoms with van der Waals surface area (Å²) in [6.07, 6.45) is 2.43. The molecule has 0 aliphatic carbocycles. The Morgan fingerprint density at radius 1 is 0.966 bits per heavy atom. The Hall–Kier alpha value is -3.15. The summed E-state index contributed by atoms with van der Waals surface area (Å²) in [6.45, 7) is 2.04. The van der Waals surface area contributed by atoms with Gasteiger partial charge in [-0.15, -0.1) is 0 Å². The van der Waals surface area contributed by atoms with Gasteiger partial charge in [0.15, 0.2) is 0 Å². The molecule has 0 radical (unpaired) electrons. The molecule has 148 valence electrons. The van der Waals surface area contributed by atoms with Crippen LogP contribution in [0.2, 0.25) is 0 Å². The monoisotopic (exact) mass is 388 g/mol. The predicted octanol–water partition coefficient (Wildman–Crippen LogP) is 4.94. The van der Waals surface area contributed by atoms with Gasteiger partial charge in [0.05, 0.1) is 0 Å². The van der Waals surface area contributed by atoms with E-state index in [1.165, 1.54) is 24.0 Å². The molecule has 5 nitrogen and oxygen atoms in total. The van der Waals surface area contributed by atoms with E-state index in [-0.39, 0.29) is 0 Å². The number of likely N-dealkylation sites (tertiary alicyclic amines) is 1. The van der Waals surface area contributed by atoms with Crippen molar-refractivity contribution < 1.29 is 14.7 Å². The van der Waals surface area contributed by atoms with Crippen molar-refractivity contribution in [2.45, 2.75) is 25.4 Å². The molecule has 2 N–H and O–H groups in total. The Morgan fingerprint density at radius 3 is 2.28 bits per heavy atom. The van der Waals surface area contributed by atoms with Gasteiger partial charge in [-0.2, -0.15) is 0 Å². The minimum atomic E-state index is -0.545. The number of ether oxygens (including phenoxy) is 1. The predicted molar refractivity (Wildman–Crippen MR) is 111 cm³/mol.